The molecule has 1 fully saturated rings. The van der Waals surface area contributed by atoms with Crippen molar-refractivity contribution in [1.82, 2.24) is 9.80 Å². The maximum Gasteiger partial charge on any atom is 0.267 e. The lowest BCUT2D eigenvalue weighted by Crippen LogP contribution is -2.48. The predicted molar refractivity (Wildman–Crippen MR) is 134 cm³/mol. The molecule has 0 aliphatic carbocycles. The molecule has 9 heteroatoms. The van der Waals surface area contributed by atoms with Gasteiger partial charge in [-0.3, -0.25) is 24.1 Å². The number of fused-ring (bicyclic) bond motifs is 2. The summed E-state index contributed by atoms with van der Waals surface area (Å²) in [5.41, 5.74) is 1.65. The van der Waals surface area contributed by atoms with Crippen molar-refractivity contribution in [3.63, 3.8) is 0 Å². The van der Waals surface area contributed by atoms with E-state index in [1.165, 1.54) is 26.2 Å². The molecule has 5 rings (SSSR count). The number of rotatable bonds is 6. The lowest BCUT2D eigenvalue weighted by molar-refractivity contribution is -0.125. The first-order chi connectivity index (χ1) is 17.3. The normalized spacial score (nSPS) is 20.6. The van der Waals surface area contributed by atoms with Gasteiger partial charge in [0.05, 0.1) is 16.8 Å². The fraction of sp³-hybridized carbons (Fsp3) is 0.407. The van der Waals surface area contributed by atoms with Gasteiger partial charge in [-0.15, -0.1) is 0 Å². The lowest BCUT2D eigenvalue weighted by Gasteiger charge is -2.35. The monoisotopic (exact) mass is 490 g/mol. The van der Waals surface area contributed by atoms with E-state index in [0.29, 0.717) is 34.8 Å². The summed E-state index contributed by atoms with van der Waals surface area (Å²) in [5, 5.41) is 2.80. The van der Waals surface area contributed by atoms with Crippen molar-refractivity contribution in [1.29, 1.82) is 0 Å². The summed E-state index contributed by atoms with van der Waals surface area (Å²) in [6, 6.07) is 10.7. The molecule has 0 aromatic heterocycles. The number of amides is 4. The molecule has 2 unspecified atom stereocenters. The topological polar surface area (TPSA) is 99.3 Å². The molecule has 4 amide bonds. The molecule has 2 atom stereocenters. The summed E-state index contributed by atoms with van der Waals surface area (Å²) in [6.45, 7) is 6.63. The maximum atomic E-state index is 13.1. The van der Waals surface area contributed by atoms with Gasteiger partial charge in [0.2, 0.25) is 5.91 Å². The van der Waals surface area contributed by atoms with Crippen molar-refractivity contribution in [3.8, 4) is 5.75 Å². The molecule has 188 valence electrons. The molecule has 1 N–H and O–H groups in total. The molecule has 0 radical (unpaired) electrons. The highest BCUT2D eigenvalue weighted by Crippen LogP contribution is 2.36. The van der Waals surface area contributed by atoms with E-state index < -0.39 is 29.9 Å². The van der Waals surface area contributed by atoms with E-state index in [2.05, 4.69) is 10.2 Å². The molecule has 1 saturated heterocycles. The zero-order valence-electron chi connectivity index (χ0n) is 20.5. The van der Waals surface area contributed by atoms with E-state index in [-0.39, 0.29) is 5.91 Å². The number of carbonyl (C=O) groups is 4. The third-order valence-electron chi connectivity index (χ3n) is 7.12. The number of carbonyl (C=O) groups excluding carboxylic acids is 4. The second-order valence-corrected chi connectivity index (χ2v) is 9.53. The van der Waals surface area contributed by atoms with E-state index in [4.69, 9.17) is 4.74 Å². The second-order valence-electron chi connectivity index (χ2n) is 9.53. The van der Waals surface area contributed by atoms with Gasteiger partial charge in [-0.05, 0) is 70.1 Å². The maximum absolute atomic E-state index is 13.1. The summed E-state index contributed by atoms with van der Waals surface area (Å²) < 4.78 is 5.80. The van der Waals surface area contributed by atoms with Gasteiger partial charge in [0.15, 0.2) is 6.10 Å². The van der Waals surface area contributed by atoms with Crippen LogP contribution in [0, 0.1) is 0 Å². The van der Waals surface area contributed by atoms with Gasteiger partial charge in [0, 0.05) is 18.8 Å². The molecule has 0 bridgehead atoms. The van der Waals surface area contributed by atoms with E-state index in [9.17, 15) is 19.2 Å². The number of nitrogens with one attached hydrogen (secondary N) is 1. The first-order valence-corrected chi connectivity index (χ1v) is 12.5. The summed E-state index contributed by atoms with van der Waals surface area (Å²) >= 11 is 0. The average Bonchev–Trinajstić information content (AvgIpc) is 3.14. The van der Waals surface area contributed by atoms with E-state index in [0.717, 1.165) is 24.5 Å². The number of benzene rings is 2. The largest absolute Gasteiger partial charge is 0.479 e. The fourth-order valence-electron chi connectivity index (χ4n) is 5.06. The molecule has 3 aliphatic rings. The Morgan fingerprint density at radius 3 is 2.33 bits per heavy atom. The fourth-order valence-corrected chi connectivity index (χ4v) is 5.06. The van der Waals surface area contributed by atoms with E-state index >= 15 is 0 Å². The van der Waals surface area contributed by atoms with Gasteiger partial charge in [-0.1, -0.05) is 18.6 Å². The number of piperidine rings is 1. The average molecular weight is 491 g/mol. The van der Waals surface area contributed by atoms with Crippen molar-refractivity contribution < 1.29 is 23.9 Å². The molecule has 2 aromatic carbocycles. The molecule has 36 heavy (non-hydrogen) atoms. The summed E-state index contributed by atoms with van der Waals surface area (Å²) in [5.74, 6) is -1.02. The Morgan fingerprint density at radius 2 is 1.67 bits per heavy atom. The van der Waals surface area contributed by atoms with Crippen LogP contribution >= 0.6 is 0 Å². The highest BCUT2D eigenvalue weighted by Gasteiger charge is 2.40. The van der Waals surface area contributed by atoms with Crippen molar-refractivity contribution in [3.05, 3.63) is 53.6 Å². The number of anilines is 2. The number of ether oxygens (including phenoxy) is 1. The third kappa shape index (κ3) is 4.35. The molecule has 2 aromatic rings. The van der Waals surface area contributed by atoms with Gasteiger partial charge in [0.1, 0.15) is 11.8 Å². The van der Waals surface area contributed by atoms with Crippen molar-refractivity contribution in [2.75, 3.05) is 36.4 Å². The molecule has 0 saturated carbocycles. The molecular weight excluding hydrogens is 460 g/mol. The van der Waals surface area contributed by atoms with Crippen LogP contribution in [0.25, 0.3) is 0 Å². The highest BCUT2D eigenvalue weighted by molar-refractivity contribution is 6.23. The smallest absolute Gasteiger partial charge is 0.267 e. The van der Waals surface area contributed by atoms with Crippen molar-refractivity contribution in [2.45, 2.75) is 45.3 Å². The van der Waals surface area contributed by atoms with Crippen LogP contribution in [0.2, 0.25) is 0 Å². The van der Waals surface area contributed by atoms with Gasteiger partial charge in [-0.25, -0.2) is 0 Å². The van der Waals surface area contributed by atoms with Crippen LogP contribution in [0.4, 0.5) is 11.4 Å². The molecule has 3 aliphatic heterocycles. The first-order valence-electron chi connectivity index (χ1n) is 12.5. The number of nitrogens with zero attached hydrogens (tertiary/aromatic N) is 3. The number of likely N-dealkylation sites (tertiary alicyclic amines) is 1. The summed E-state index contributed by atoms with van der Waals surface area (Å²) in [4.78, 5) is 56.6. The minimum absolute atomic E-state index is 0.123. The van der Waals surface area contributed by atoms with Crippen LogP contribution in [0.15, 0.2) is 42.5 Å². The van der Waals surface area contributed by atoms with Gasteiger partial charge < -0.3 is 19.9 Å². The molecular formula is C27H30N4O5. The Morgan fingerprint density at radius 1 is 1.00 bits per heavy atom. The number of imide groups is 1. The predicted octanol–water partition coefficient (Wildman–Crippen LogP) is 2.91. The van der Waals surface area contributed by atoms with Crippen LogP contribution in [0.1, 0.15) is 53.8 Å². The zero-order chi connectivity index (χ0) is 25.4. The van der Waals surface area contributed by atoms with Crippen LogP contribution < -0.4 is 15.0 Å². The number of hydrogen-bond acceptors (Lipinski definition) is 6. The van der Waals surface area contributed by atoms with Crippen LogP contribution in [-0.4, -0.2) is 71.8 Å². The van der Waals surface area contributed by atoms with Crippen LogP contribution in [0.3, 0.4) is 0 Å². The van der Waals surface area contributed by atoms with Crippen LogP contribution in [-0.2, 0) is 9.59 Å². The van der Waals surface area contributed by atoms with Crippen molar-refractivity contribution in [2.24, 2.45) is 0 Å². The second kappa shape index (κ2) is 9.73. The third-order valence-corrected chi connectivity index (χ3v) is 7.12. The SMILES string of the molecule is CC1Oc2ccc(NC(=O)C(C)N3C(=O)c4ccccc4C3=O)cc2N(CCN2CCCCC2)C1=O. The molecule has 0 spiro atoms. The minimum Gasteiger partial charge on any atom is -0.479 e. The van der Waals surface area contributed by atoms with E-state index in [1.54, 1.807) is 54.3 Å². The Bertz CT molecular complexity index is 1190. The minimum atomic E-state index is -1.01. The summed E-state index contributed by atoms with van der Waals surface area (Å²) in [6.07, 6.45) is 3.00. The zero-order valence-corrected chi connectivity index (χ0v) is 20.5. The highest BCUT2D eigenvalue weighted by atomic mass is 16.5. The molecule has 9 nitrogen and oxygen atoms in total. The Labute approximate surface area is 210 Å². The standard InChI is InChI=1S/C27H30N4O5/c1-17(31-26(34)20-8-4-5-9-21(20)27(31)35)24(32)28-19-10-11-23-22(16-19)30(25(33)18(2)36-23)15-14-29-12-6-3-7-13-29/h4-5,8-11,16-18H,3,6-7,12-15H2,1-2H3,(H,28,32). The number of hydrogen-bond donors (Lipinski definition) is 1. The first kappa shape index (κ1) is 24.0. The van der Waals surface area contributed by atoms with Gasteiger partial charge >= 0.3 is 0 Å². The van der Waals surface area contributed by atoms with Gasteiger partial charge in [-0.2, -0.15) is 0 Å². The molecule has 3 heterocycles. The van der Waals surface area contributed by atoms with Gasteiger partial charge in [0.25, 0.3) is 17.7 Å². The Hall–Kier alpha value is -3.72. The quantitative estimate of drug-likeness (QED) is 0.625. The Kier molecular flexibility index (Phi) is 6.49. The van der Waals surface area contributed by atoms with E-state index in [1.807, 2.05) is 0 Å². The lowest BCUT2D eigenvalue weighted by atomic mass is 10.1. The summed E-state index contributed by atoms with van der Waals surface area (Å²) in [7, 11) is 0. The van der Waals surface area contributed by atoms with Crippen molar-refractivity contribution >= 4 is 35.0 Å². The Balaban J connectivity index is 1.32. The van der Waals surface area contributed by atoms with Crippen LogP contribution in [0.5, 0.6) is 5.75 Å².